The lowest BCUT2D eigenvalue weighted by Gasteiger charge is -2.20. The number of aromatic nitrogens is 2. The molecule has 0 aliphatic carbocycles. The molecule has 0 bridgehead atoms. The highest BCUT2D eigenvalue weighted by Crippen LogP contribution is 2.34. The van der Waals surface area contributed by atoms with Crippen molar-refractivity contribution in [1.29, 1.82) is 0 Å². The molecule has 0 saturated carbocycles. The fraction of sp³-hybridized carbons (Fsp3) is 0.176. The van der Waals surface area contributed by atoms with Gasteiger partial charge in [-0.2, -0.15) is 13.2 Å². The molecule has 4 nitrogen and oxygen atoms in total. The van der Waals surface area contributed by atoms with Crippen LogP contribution in [-0.4, -0.2) is 24.1 Å². The summed E-state index contributed by atoms with van der Waals surface area (Å²) >= 11 is 0. The van der Waals surface area contributed by atoms with E-state index in [1.807, 2.05) is 12.1 Å². The van der Waals surface area contributed by atoms with Crippen molar-refractivity contribution in [3.05, 3.63) is 54.4 Å². The summed E-state index contributed by atoms with van der Waals surface area (Å²) in [7, 11) is 3.37. The Hall–Kier alpha value is -2.54. The highest BCUT2D eigenvalue weighted by molar-refractivity contribution is 5.91. The van der Waals surface area contributed by atoms with Crippen LogP contribution in [0.3, 0.4) is 0 Å². The number of halogens is 4. The van der Waals surface area contributed by atoms with Gasteiger partial charge in [-0.3, -0.25) is 0 Å². The van der Waals surface area contributed by atoms with Crippen molar-refractivity contribution in [1.82, 2.24) is 9.97 Å². The van der Waals surface area contributed by atoms with Crippen molar-refractivity contribution in [2.75, 3.05) is 19.1 Å². The molecule has 0 saturated heterocycles. The van der Waals surface area contributed by atoms with Gasteiger partial charge in [0.15, 0.2) is 0 Å². The first-order chi connectivity index (χ1) is 11.4. The summed E-state index contributed by atoms with van der Waals surface area (Å²) in [5, 5.41) is 0.545. The molecule has 1 heterocycles. The third kappa shape index (κ3) is 3.76. The molecule has 8 heteroatoms. The van der Waals surface area contributed by atoms with Crippen molar-refractivity contribution in [2.45, 2.75) is 6.18 Å². The minimum Gasteiger partial charge on any atom is -0.497 e. The Morgan fingerprint density at radius 3 is 2.28 bits per heavy atom. The summed E-state index contributed by atoms with van der Waals surface area (Å²) in [5.41, 5.74) is 0.345. The molecule has 3 rings (SSSR count). The van der Waals surface area contributed by atoms with Gasteiger partial charge in [0.2, 0.25) is 0 Å². The van der Waals surface area contributed by atoms with Crippen LogP contribution in [0.15, 0.2) is 48.8 Å². The summed E-state index contributed by atoms with van der Waals surface area (Å²) in [5.74, 6) is 1.24. The van der Waals surface area contributed by atoms with Gasteiger partial charge in [-0.25, -0.2) is 9.97 Å². The third-order valence-corrected chi connectivity index (χ3v) is 3.72. The maximum absolute atomic E-state index is 12.8. The van der Waals surface area contributed by atoms with Crippen LogP contribution in [0.1, 0.15) is 5.56 Å². The van der Waals surface area contributed by atoms with E-state index in [9.17, 15) is 13.2 Å². The standard InChI is InChI=1S/C17H14F3N3O.ClH/c1-23(12-4-6-13(24-2)7-5-12)16-14-8-3-11(17(18,19)20)9-15(14)21-10-22-16;/h3-10H,1-2H3;1H. The highest BCUT2D eigenvalue weighted by atomic mass is 35.5. The van der Waals surface area contributed by atoms with Crippen molar-refractivity contribution in [2.24, 2.45) is 0 Å². The average Bonchev–Trinajstić information content (AvgIpc) is 2.59. The Balaban J connectivity index is 0.00000225. The second-order valence-electron chi connectivity index (χ2n) is 5.18. The topological polar surface area (TPSA) is 38.2 Å². The molecule has 0 unspecified atom stereocenters. The lowest BCUT2D eigenvalue weighted by Crippen LogP contribution is -2.12. The summed E-state index contributed by atoms with van der Waals surface area (Å²) in [6.45, 7) is 0. The average molecular weight is 370 g/mol. The van der Waals surface area contributed by atoms with Gasteiger partial charge in [-0.1, -0.05) is 0 Å². The van der Waals surface area contributed by atoms with Crippen molar-refractivity contribution >= 4 is 34.8 Å². The molecule has 0 aliphatic heterocycles. The largest absolute Gasteiger partial charge is 0.497 e. The minimum atomic E-state index is -4.40. The summed E-state index contributed by atoms with van der Waals surface area (Å²) in [6, 6.07) is 10.8. The normalized spacial score (nSPS) is 11.1. The Labute approximate surface area is 148 Å². The van der Waals surface area contributed by atoms with Crippen molar-refractivity contribution in [3.8, 4) is 5.75 Å². The van der Waals surface area contributed by atoms with Crippen molar-refractivity contribution < 1.29 is 17.9 Å². The summed E-state index contributed by atoms with van der Waals surface area (Å²) in [4.78, 5) is 9.97. The van der Waals surface area contributed by atoms with Gasteiger partial charge >= 0.3 is 6.18 Å². The number of methoxy groups -OCH3 is 1. The van der Waals surface area contributed by atoms with Crippen LogP contribution in [0.4, 0.5) is 24.7 Å². The molecule has 0 atom stereocenters. The van der Waals surface area contributed by atoms with E-state index in [-0.39, 0.29) is 17.9 Å². The smallest absolute Gasteiger partial charge is 0.416 e. The molecule has 25 heavy (non-hydrogen) atoms. The van der Waals surface area contributed by atoms with E-state index in [4.69, 9.17) is 4.74 Å². The number of alkyl halides is 3. The molecule has 0 aliphatic rings. The van der Waals surface area contributed by atoms with Crippen LogP contribution in [0, 0.1) is 0 Å². The van der Waals surface area contributed by atoms with E-state index < -0.39 is 11.7 Å². The Morgan fingerprint density at radius 2 is 1.68 bits per heavy atom. The highest BCUT2D eigenvalue weighted by Gasteiger charge is 2.30. The Kier molecular flexibility index (Phi) is 5.37. The van der Waals surface area contributed by atoms with Crippen LogP contribution in [0.25, 0.3) is 10.9 Å². The molecule has 0 fully saturated rings. The number of anilines is 2. The van der Waals surface area contributed by atoms with Crippen LogP contribution >= 0.6 is 12.4 Å². The van der Waals surface area contributed by atoms with E-state index in [1.165, 1.54) is 12.4 Å². The Bertz CT molecular complexity index is 869. The quantitative estimate of drug-likeness (QED) is 0.661. The number of ether oxygens (including phenoxy) is 1. The van der Waals surface area contributed by atoms with Gasteiger partial charge in [-0.15, -0.1) is 12.4 Å². The number of fused-ring (bicyclic) bond motifs is 1. The predicted octanol–water partition coefficient (Wildman–Crippen LogP) is 4.85. The van der Waals surface area contributed by atoms with Gasteiger partial charge in [0, 0.05) is 18.1 Å². The maximum atomic E-state index is 12.8. The van der Waals surface area contributed by atoms with E-state index >= 15 is 0 Å². The Morgan fingerprint density at radius 1 is 1.00 bits per heavy atom. The van der Waals surface area contributed by atoms with E-state index in [0.29, 0.717) is 11.2 Å². The van der Waals surface area contributed by atoms with Crippen molar-refractivity contribution in [3.63, 3.8) is 0 Å². The first-order valence-corrected chi connectivity index (χ1v) is 7.10. The molecule has 1 aromatic heterocycles. The zero-order chi connectivity index (χ0) is 17.3. The van der Waals surface area contributed by atoms with Gasteiger partial charge < -0.3 is 9.64 Å². The van der Waals surface area contributed by atoms with E-state index in [1.54, 1.807) is 31.2 Å². The number of hydrogen-bond acceptors (Lipinski definition) is 4. The zero-order valence-corrected chi connectivity index (χ0v) is 14.2. The van der Waals surface area contributed by atoms with E-state index in [0.717, 1.165) is 23.6 Å². The van der Waals surface area contributed by atoms with Gasteiger partial charge in [0.05, 0.1) is 18.2 Å². The van der Waals surface area contributed by atoms with Gasteiger partial charge in [0.25, 0.3) is 0 Å². The lowest BCUT2D eigenvalue weighted by molar-refractivity contribution is -0.137. The molecule has 0 N–H and O–H groups in total. The maximum Gasteiger partial charge on any atom is 0.416 e. The molecule has 2 aromatic carbocycles. The molecule has 0 spiro atoms. The zero-order valence-electron chi connectivity index (χ0n) is 13.4. The molecular weight excluding hydrogens is 355 g/mol. The predicted molar refractivity (Wildman–Crippen MR) is 92.8 cm³/mol. The number of rotatable bonds is 3. The van der Waals surface area contributed by atoms with Crippen LogP contribution in [-0.2, 0) is 6.18 Å². The summed E-state index contributed by atoms with van der Waals surface area (Å²) < 4.78 is 43.7. The molecule has 3 aromatic rings. The van der Waals surface area contributed by atoms with E-state index in [2.05, 4.69) is 9.97 Å². The first kappa shape index (κ1) is 18.8. The van der Waals surface area contributed by atoms with Crippen LogP contribution in [0.2, 0.25) is 0 Å². The number of hydrogen-bond donors (Lipinski definition) is 0. The fourth-order valence-electron chi connectivity index (χ4n) is 2.41. The molecule has 132 valence electrons. The molecule has 0 radical (unpaired) electrons. The summed E-state index contributed by atoms with van der Waals surface area (Å²) in [6.07, 6.45) is -3.14. The van der Waals surface area contributed by atoms with Gasteiger partial charge in [-0.05, 0) is 42.5 Å². The SMILES string of the molecule is COc1ccc(N(C)c2ncnc3cc(C(F)(F)F)ccc23)cc1.Cl. The molecule has 0 amide bonds. The fourth-order valence-corrected chi connectivity index (χ4v) is 2.41. The second kappa shape index (κ2) is 7.14. The monoisotopic (exact) mass is 369 g/mol. The van der Waals surface area contributed by atoms with Crippen LogP contribution in [0.5, 0.6) is 5.75 Å². The number of benzene rings is 2. The second-order valence-corrected chi connectivity index (χ2v) is 5.18. The minimum absolute atomic E-state index is 0. The first-order valence-electron chi connectivity index (χ1n) is 7.10. The molecular formula is C17H15ClF3N3O. The van der Waals surface area contributed by atoms with Crippen LogP contribution < -0.4 is 9.64 Å². The lowest BCUT2D eigenvalue weighted by atomic mass is 10.1. The number of nitrogens with zero attached hydrogens (tertiary/aromatic N) is 3. The van der Waals surface area contributed by atoms with Gasteiger partial charge in [0.1, 0.15) is 17.9 Å². The third-order valence-electron chi connectivity index (χ3n) is 3.72.